The fourth-order valence-corrected chi connectivity index (χ4v) is 2.42. The molecular weight excluding hydrogens is 210 g/mol. The van der Waals surface area contributed by atoms with Crippen molar-refractivity contribution >= 4 is 0 Å². The Kier molecular flexibility index (Phi) is 4.95. The molecule has 1 aromatic rings. The van der Waals surface area contributed by atoms with E-state index >= 15 is 0 Å². The van der Waals surface area contributed by atoms with Gasteiger partial charge >= 0.3 is 0 Å². The van der Waals surface area contributed by atoms with E-state index in [9.17, 15) is 0 Å². The molecule has 0 spiro atoms. The van der Waals surface area contributed by atoms with Crippen molar-refractivity contribution in [3.05, 3.63) is 30.1 Å². The van der Waals surface area contributed by atoms with Gasteiger partial charge in [-0.15, -0.1) is 0 Å². The first-order chi connectivity index (χ1) is 8.38. The van der Waals surface area contributed by atoms with Gasteiger partial charge < -0.3 is 5.32 Å². The quantitative estimate of drug-likeness (QED) is 0.866. The van der Waals surface area contributed by atoms with Gasteiger partial charge in [0.25, 0.3) is 0 Å². The Hall–Kier alpha value is -0.930. The third-order valence-corrected chi connectivity index (χ3v) is 3.50. The summed E-state index contributed by atoms with van der Waals surface area (Å²) in [5, 5.41) is 3.62. The SMILES string of the molecule is CCC1CCN(Cc2cccnc2)CCCN1. The molecule has 1 aliphatic rings. The zero-order valence-corrected chi connectivity index (χ0v) is 10.7. The van der Waals surface area contributed by atoms with Crippen molar-refractivity contribution in [2.24, 2.45) is 0 Å². The number of pyridine rings is 1. The standard InChI is InChI=1S/C14H23N3/c1-2-14-6-10-17(9-4-8-16-14)12-13-5-3-7-15-11-13/h3,5,7,11,14,16H,2,4,6,8-10,12H2,1H3. The Morgan fingerprint density at radius 3 is 3.18 bits per heavy atom. The number of nitrogens with one attached hydrogen (secondary N) is 1. The first-order valence-electron chi connectivity index (χ1n) is 6.73. The summed E-state index contributed by atoms with van der Waals surface area (Å²) in [4.78, 5) is 6.74. The zero-order valence-electron chi connectivity index (χ0n) is 10.7. The molecule has 2 heterocycles. The molecule has 0 saturated carbocycles. The highest BCUT2D eigenvalue weighted by atomic mass is 15.1. The van der Waals surface area contributed by atoms with Crippen LogP contribution in [0.3, 0.4) is 0 Å². The summed E-state index contributed by atoms with van der Waals surface area (Å²) in [5.74, 6) is 0. The van der Waals surface area contributed by atoms with Gasteiger partial charge in [0.2, 0.25) is 0 Å². The predicted octanol–water partition coefficient (Wildman–Crippen LogP) is 2.05. The molecule has 94 valence electrons. The Morgan fingerprint density at radius 1 is 1.47 bits per heavy atom. The molecule has 1 aliphatic heterocycles. The Bertz CT molecular complexity index is 313. The van der Waals surface area contributed by atoms with Gasteiger partial charge in [-0.2, -0.15) is 0 Å². The first-order valence-corrected chi connectivity index (χ1v) is 6.73. The highest BCUT2D eigenvalue weighted by Crippen LogP contribution is 2.09. The minimum Gasteiger partial charge on any atom is -0.314 e. The average molecular weight is 233 g/mol. The molecule has 2 rings (SSSR count). The molecule has 1 N–H and O–H groups in total. The molecule has 1 fully saturated rings. The number of nitrogens with zero attached hydrogens (tertiary/aromatic N) is 2. The van der Waals surface area contributed by atoms with E-state index in [0.29, 0.717) is 6.04 Å². The summed E-state index contributed by atoms with van der Waals surface area (Å²) in [7, 11) is 0. The topological polar surface area (TPSA) is 28.2 Å². The van der Waals surface area contributed by atoms with Crippen molar-refractivity contribution in [2.75, 3.05) is 19.6 Å². The van der Waals surface area contributed by atoms with E-state index in [2.05, 4.69) is 28.2 Å². The Balaban J connectivity index is 1.87. The lowest BCUT2D eigenvalue weighted by atomic mass is 10.1. The van der Waals surface area contributed by atoms with Crippen LogP contribution < -0.4 is 5.32 Å². The monoisotopic (exact) mass is 233 g/mol. The zero-order chi connectivity index (χ0) is 11.9. The fraction of sp³-hybridized carbons (Fsp3) is 0.643. The summed E-state index contributed by atoms with van der Waals surface area (Å²) in [6.07, 6.45) is 7.57. The van der Waals surface area contributed by atoms with Crippen LogP contribution >= 0.6 is 0 Å². The van der Waals surface area contributed by atoms with Crippen LogP contribution in [-0.2, 0) is 6.54 Å². The van der Waals surface area contributed by atoms with Crippen LogP contribution in [0, 0.1) is 0 Å². The molecule has 1 saturated heterocycles. The van der Waals surface area contributed by atoms with E-state index in [0.717, 1.165) is 13.1 Å². The van der Waals surface area contributed by atoms with Crippen LogP contribution in [-0.4, -0.2) is 35.6 Å². The van der Waals surface area contributed by atoms with Gasteiger partial charge in [-0.3, -0.25) is 9.88 Å². The molecule has 0 bridgehead atoms. The predicted molar refractivity (Wildman–Crippen MR) is 70.8 cm³/mol. The number of hydrogen-bond donors (Lipinski definition) is 1. The fourth-order valence-electron chi connectivity index (χ4n) is 2.42. The number of hydrogen-bond acceptors (Lipinski definition) is 3. The Morgan fingerprint density at radius 2 is 2.41 bits per heavy atom. The van der Waals surface area contributed by atoms with Crippen molar-refractivity contribution < 1.29 is 0 Å². The van der Waals surface area contributed by atoms with Crippen LogP contribution in [0.4, 0.5) is 0 Å². The highest BCUT2D eigenvalue weighted by Gasteiger charge is 2.13. The number of rotatable bonds is 3. The van der Waals surface area contributed by atoms with Gasteiger partial charge in [0, 0.05) is 25.0 Å². The molecule has 0 aromatic carbocycles. The molecule has 1 unspecified atom stereocenters. The lowest BCUT2D eigenvalue weighted by Gasteiger charge is -2.28. The second-order valence-electron chi connectivity index (χ2n) is 4.84. The molecule has 0 aliphatic carbocycles. The first kappa shape index (κ1) is 12.5. The van der Waals surface area contributed by atoms with Gasteiger partial charge in [0.15, 0.2) is 0 Å². The molecule has 17 heavy (non-hydrogen) atoms. The van der Waals surface area contributed by atoms with Crippen molar-refractivity contribution in [1.82, 2.24) is 15.2 Å². The smallest absolute Gasteiger partial charge is 0.0312 e. The van der Waals surface area contributed by atoms with Crippen LogP contribution in [0.5, 0.6) is 0 Å². The molecule has 3 nitrogen and oxygen atoms in total. The van der Waals surface area contributed by atoms with Gasteiger partial charge in [-0.05, 0) is 50.5 Å². The van der Waals surface area contributed by atoms with Crippen molar-refractivity contribution in [2.45, 2.75) is 38.8 Å². The van der Waals surface area contributed by atoms with Gasteiger partial charge in [-0.25, -0.2) is 0 Å². The largest absolute Gasteiger partial charge is 0.314 e. The van der Waals surface area contributed by atoms with E-state index in [1.807, 2.05) is 18.5 Å². The van der Waals surface area contributed by atoms with Crippen LogP contribution in [0.1, 0.15) is 31.7 Å². The van der Waals surface area contributed by atoms with Crippen molar-refractivity contribution in [3.63, 3.8) is 0 Å². The molecule has 0 radical (unpaired) electrons. The van der Waals surface area contributed by atoms with Crippen molar-refractivity contribution in [1.29, 1.82) is 0 Å². The maximum Gasteiger partial charge on any atom is 0.0312 e. The third kappa shape index (κ3) is 4.10. The molecule has 1 aromatic heterocycles. The molecule has 0 amide bonds. The summed E-state index contributed by atoms with van der Waals surface area (Å²) in [6.45, 7) is 6.86. The average Bonchev–Trinajstić information content (AvgIpc) is 2.35. The van der Waals surface area contributed by atoms with Crippen LogP contribution in [0.15, 0.2) is 24.5 Å². The minimum atomic E-state index is 0.701. The van der Waals surface area contributed by atoms with Gasteiger partial charge in [-0.1, -0.05) is 13.0 Å². The Labute approximate surface area is 104 Å². The molecule has 1 atom stereocenters. The summed E-state index contributed by atoms with van der Waals surface area (Å²) >= 11 is 0. The second kappa shape index (κ2) is 6.72. The van der Waals surface area contributed by atoms with Crippen LogP contribution in [0.2, 0.25) is 0 Å². The summed E-state index contributed by atoms with van der Waals surface area (Å²) in [6, 6.07) is 4.89. The van der Waals surface area contributed by atoms with E-state index < -0.39 is 0 Å². The molecule has 3 heteroatoms. The van der Waals surface area contributed by atoms with Crippen molar-refractivity contribution in [3.8, 4) is 0 Å². The van der Waals surface area contributed by atoms with E-state index in [1.54, 1.807) is 0 Å². The third-order valence-electron chi connectivity index (χ3n) is 3.50. The molecular formula is C14H23N3. The normalized spacial score (nSPS) is 23.0. The van der Waals surface area contributed by atoms with Gasteiger partial charge in [0.05, 0.1) is 0 Å². The lowest BCUT2D eigenvalue weighted by Crippen LogP contribution is -2.39. The summed E-state index contributed by atoms with van der Waals surface area (Å²) in [5.41, 5.74) is 1.33. The van der Waals surface area contributed by atoms with Gasteiger partial charge in [0.1, 0.15) is 0 Å². The second-order valence-corrected chi connectivity index (χ2v) is 4.84. The maximum atomic E-state index is 4.18. The van der Waals surface area contributed by atoms with E-state index in [4.69, 9.17) is 0 Å². The minimum absolute atomic E-state index is 0.701. The maximum absolute atomic E-state index is 4.18. The van der Waals surface area contributed by atoms with E-state index in [-0.39, 0.29) is 0 Å². The van der Waals surface area contributed by atoms with E-state index in [1.165, 1.54) is 37.9 Å². The highest BCUT2D eigenvalue weighted by molar-refractivity contribution is 5.08. The lowest BCUT2D eigenvalue weighted by molar-refractivity contribution is 0.224. The summed E-state index contributed by atoms with van der Waals surface area (Å²) < 4.78 is 0. The number of aromatic nitrogens is 1. The van der Waals surface area contributed by atoms with Crippen LogP contribution in [0.25, 0.3) is 0 Å².